The van der Waals surface area contributed by atoms with Crippen molar-refractivity contribution in [2.45, 2.75) is 19.5 Å². The van der Waals surface area contributed by atoms with Crippen LogP contribution in [0.1, 0.15) is 5.82 Å². The zero-order chi connectivity index (χ0) is 13.9. The highest BCUT2D eigenvalue weighted by atomic mass is 35.5. The lowest BCUT2D eigenvalue weighted by molar-refractivity contribution is 0.572. The van der Waals surface area contributed by atoms with E-state index in [0.717, 1.165) is 36.4 Å². The number of aryl methyl sites for hydroxylation is 3. The van der Waals surface area contributed by atoms with Crippen molar-refractivity contribution in [3.05, 3.63) is 47.8 Å². The van der Waals surface area contributed by atoms with Crippen molar-refractivity contribution >= 4 is 34.2 Å². The fraction of sp³-hybridized carbons (Fsp3) is 0.286. The van der Waals surface area contributed by atoms with E-state index in [4.69, 9.17) is 23.2 Å². The highest BCUT2D eigenvalue weighted by molar-refractivity contribution is 6.34. The van der Waals surface area contributed by atoms with Crippen LogP contribution >= 0.6 is 23.2 Å². The smallest absolute Gasteiger partial charge is 0.111 e. The van der Waals surface area contributed by atoms with Gasteiger partial charge in [-0.05, 0) is 12.1 Å². The van der Waals surface area contributed by atoms with Crippen molar-refractivity contribution in [2.24, 2.45) is 0 Å². The van der Waals surface area contributed by atoms with E-state index in [1.54, 1.807) is 6.20 Å². The summed E-state index contributed by atoms with van der Waals surface area (Å²) in [6.45, 7) is 1.66. The van der Waals surface area contributed by atoms with Crippen LogP contribution in [-0.4, -0.2) is 25.0 Å². The van der Waals surface area contributed by atoms with E-state index in [0.29, 0.717) is 10.9 Å². The summed E-state index contributed by atoms with van der Waals surface area (Å²) in [5, 5.41) is 0.680. The molecule has 0 bridgehead atoms. The second-order valence-corrected chi connectivity index (χ2v) is 5.31. The SMILES string of the molecule is ClCCc1nc2c(Cl)cccc2n1CCn1ccnc1. The number of rotatable bonds is 5. The molecule has 0 fully saturated rings. The summed E-state index contributed by atoms with van der Waals surface area (Å²) >= 11 is 12.1. The number of hydrogen-bond acceptors (Lipinski definition) is 2. The molecule has 0 saturated heterocycles. The molecule has 0 N–H and O–H groups in total. The lowest BCUT2D eigenvalue weighted by Crippen LogP contribution is -2.09. The molecule has 0 saturated carbocycles. The summed E-state index contributed by atoms with van der Waals surface area (Å²) in [6, 6.07) is 5.85. The first-order valence-electron chi connectivity index (χ1n) is 6.45. The summed E-state index contributed by atoms with van der Waals surface area (Å²) in [7, 11) is 0. The number of hydrogen-bond donors (Lipinski definition) is 0. The molecule has 0 radical (unpaired) electrons. The van der Waals surface area contributed by atoms with E-state index in [2.05, 4.69) is 14.5 Å². The molecule has 3 rings (SSSR count). The molecule has 0 aliphatic carbocycles. The van der Waals surface area contributed by atoms with Crippen LogP contribution in [0.5, 0.6) is 0 Å². The zero-order valence-electron chi connectivity index (χ0n) is 10.8. The Kier molecular flexibility index (Phi) is 3.94. The summed E-state index contributed by atoms with van der Waals surface area (Å²) < 4.78 is 4.23. The molecule has 20 heavy (non-hydrogen) atoms. The first-order valence-corrected chi connectivity index (χ1v) is 7.36. The predicted octanol–water partition coefficient (Wildman–Crippen LogP) is 3.37. The highest BCUT2D eigenvalue weighted by Crippen LogP contribution is 2.24. The molecule has 0 atom stereocenters. The number of alkyl halides is 1. The van der Waals surface area contributed by atoms with E-state index in [1.807, 2.05) is 35.3 Å². The molecular weight excluding hydrogens is 295 g/mol. The number of imidazole rings is 2. The molecule has 4 nitrogen and oxygen atoms in total. The van der Waals surface area contributed by atoms with Gasteiger partial charge in [0, 0.05) is 37.8 Å². The number of nitrogens with zero attached hydrogens (tertiary/aromatic N) is 4. The Labute approximate surface area is 127 Å². The van der Waals surface area contributed by atoms with Gasteiger partial charge in [0.1, 0.15) is 11.3 Å². The molecule has 104 valence electrons. The minimum Gasteiger partial charge on any atom is -0.336 e. The van der Waals surface area contributed by atoms with Gasteiger partial charge in [0.15, 0.2) is 0 Å². The van der Waals surface area contributed by atoms with Crippen molar-refractivity contribution in [3.63, 3.8) is 0 Å². The summed E-state index contributed by atoms with van der Waals surface area (Å²) in [5.41, 5.74) is 1.90. The lowest BCUT2D eigenvalue weighted by atomic mass is 10.3. The average Bonchev–Trinajstić information content (AvgIpc) is 3.05. The molecular formula is C14H14Cl2N4. The number of benzene rings is 1. The normalized spacial score (nSPS) is 11.3. The maximum absolute atomic E-state index is 6.22. The van der Waals surface area contributed by atoms with E-state index >= 15 is 0 Å². The van der Waals surface area contributed by atoms with E-state index in [1.165, 1.54) is 0 Å². The molecule has 2 heterocycles. The van der Waals surface area contributed by atoms with Crippen LogP contribution < -0.4 is 0 Å². The second kappa shape index (κ2) is 5.85. The second-order valence-electron chi connectivity index (χ2n) is 4.53. The van der Waals surface area contributed by atoms with Gasteiger partial charge in [-0.3, -0.25) is 0 Å². The maximum Gasteiger partial charge on any atom is 0.111 e. The van der Waals surface area contributed by atoms with Gasteiger partial charge in [-0.15, -0.1) is 11.6 Å². The van der Waals surface area contributed by atoms with Gasteiger partial charge in [-0.2, -0.15) is 0 Å². The van der Waals surface area contributed by atoms with Gasteiger partial charge in [-0.25, -0.2) is 9.97 Å². The molecule has 6 heteroatoms. The Balaban J connectivity index is 1.98. The van der Waals surface area contributed by atoms with Crippen molar-refractivity contribution in [2.75, 3.05) is 5.88 Å². The van der Waals surface area contributed by atoms with Crippen LogP contribution in [0.3, 0.4) is 0 Å². The van der Waals surface area contributed by atoms with Crippen LogP contribution in [0.4, 0.5) is 0 Å². The Morgan fingerprint density at radius 1 is 1.20 bits per heavy atom. The van der Waals surface area contributed by atoms with Crippen molar-refractivity contribution in [1.29, 1.82) is 0 Å². The van der Waals surface area contributed by atoms with Gasteiger partial charge in [-0.1, -0.05) is 17.7 Å². The van der Waals surface area contributed by atoms with Crippen molar-refractivity contribution in [3.8, 4) is 0 Å². The van der Waals surface area contributed by atoms with Gasteiger partial charge < -0.3 is 9.13 Å². The Morgan fingerprint density at radius 2 is 2.10 bits per heavy atom. The first-order chi connectivity index (χ1) is 9.79. The monoisotopic (exact) mass is 308 g/mol. The van der Waals surface area contributed by atoms with E-state index in [-0.39, 0.29) is 0 Å². The van der Waals surface area contributed by atoms with E-state index < -0.39 is 0 Å². The fourth-order valence-electron chi connectivity index (χ4n) is 2.32. The van der Waals surface area contributed by atoms with Gasteiger partial charge in [0.25, 0.3) is 0 Å². The molecule has 2 aromatic heterocycles. The van der Waals surface area contributed by atoms with Gasteiger partial charge in [0.2, 0.25) is 0 Å². The zero-order valence-corrected chi connectivity index (χ0v) is 12.3. The van der Waals surface area contributed by atoms with Crippen LogP contribution in [0.2, 0.25) is 5.02 Å². The third-order valence-electron chi connectivity index (χ3n) is 3.27. The van der Waals surface area contributed by atoms with Crippen LogP contribution in [0, 0.1) is 0 Å². The number of fused-ring (bicyclic) bond motifs is 1. The predicted molar refractivity (Wildman–Crippen MR) is 81.4 cm³/mol. The molecule has 0 aliphatic rings. The largest absolute Gasteiger partial charge is 0.336 e. The van der Waals surface area contributed by atoms with Gasteiger partial charge >= 0.3 is 0 Å². The summed E-state index contributed by atoms with van der Waals surface area (Å²) in [5.74, 6) is 1.52. The standard InChI is InChI=1S/C14H14Cl2N4/c15-5-4-13-18-14-11(16)2-1-3-12(14)20(13)9-8-19-7-6-17-10-19/h1-3,6-7,10H,4-5,8-9H2. The van der Waals surface area contributed by atoms with E-state index in [9.17, 15) is 0 Å². The minimum atomic E-state index is 0.548. The van der Waals surface area contributed by atoms with Gasteiger partial charge in [0.05, 0.1) is 16.9 Å². The van der Waals surface area contributed by atoms with Crippen LogP contribution in [0.15, 0.2) is 36.9 Å². The Bertz CT molecular complexity index is 703. The molecule has 0 spiro atoms. The summed E-state index contributed by atoms with van der Waals surface area (Å²) in [6.07, 6.45) is 6.28. The highest BCUT2D eigenvalue weighted by Gasteiger charge is 2.12. The number of halogens is 2. The van der Waals surface area contributed by atoms with Crippen LogP contribution in [0.25, 0.3) is 11.0 Å². The summed E-state index contributed by atoms with van der Waals surface area (Å²) in [4.78, 5) is 8.68. The molecule has 0 amide bonds. The quantitative estimate of drug-likeness (QED) is 0.677. The maximum atomic E-state index is 6.22. The van der Waals surface area contributed by atoms with Crippen molar-refractivity contribution in [1.82, 2.24) is 19.1 Å². The van der Waals surface area contributed by atoms with Crippen molar-refractivity contribution < 1.29 is 0 Å². The molecule has 0 unspecified atom stereocenters. The fourth-order valence-corrected chi connectivity index (χ4v) is 2.70. The lowest BCUT2D eigenvalue weighted by Gasteiger charge is -2.09. The molecule has 1 aromatic carbocycles. The Hall–Kier alpha value is -1.52. The number of para-hydroxylation sites is 1. The Morgan fingerprint density at radius 3 is 2.85 bits per heavy atom. The van der Waals surface area contributed by atoms with Crippen LogP contribution in [-0.2, 0) is 19.5 Å². The molecule has 0 aliphatic heterocycles. The third-order valence-corrected chi connectivity index (χ3v) is 3.76. The number of aromatic nitrogens is 4. The average molecular weight is 309 g/mol. The molecule has 3 aromatic rings. The minimum absolute atomic E-state index is 0.548. The topological polar surface area (TPSA) is 35.6 Å². The first kappa shape index (κ1) is 13.5. The third kappa shape index (κ3) is 2.53.